The van der Waals surface area contributed by atoms with E-state index in [1.165, 1.54) is 32.3 Å². The Balaban J connectivity index is 2.16. The number of phenolic OH excluding ortho intramolecular Hbond substituents is 1. The molecule has 0 aliphatic heterocycles. The number of hydrogen-bond acceptors (Lipinski definition) is 11. The van der Waals surface area contributed by atoms with Gasteiger partial charge in [0, 0.05) is 5.92 Å². The van der Waals surface area contributed by atoms with Gasteiger partial charge in [-0.3, -0.25) is 23.8 Å². The molecule has 3 aliphatic rings. The van der Waals surface area contributed by atoms with Gasteiger partial charge in [0.2, 0.25) is 5.78 Å². The van der Waals surface area contributed by atoms with Crippen LogP contribution in [0.25, 0.3) is 11.3 Å². The summed E-state index contributed by atoms with van der Waals surface area (Å²) < 4.78 is 38.3. The quantitative estimate of drug-likeness (QED) is 0.212. The number of amides is 1. The second-order valence-corrected chi connectivity index (χ2v) is 9.98. The number of benzene rings is 1. The van der Waals surface area contributed by atoms with E-state index in [1.807, 2.05) is 0 Å². The predicted molar refractivity (Wildman–Crippen MR) is 121 cm³/mol. The second-order valence-electron chi connectivity index (χ2n) is 8.94. The first kappa shape index (κ1) is 25.5. The van der Waals surface area contributed by atoms with Crippen molar-refractivity contribution in [2.45, 2.75) is 17.7 Å². The zero-order valence-electron chi connectivity index (χ0n) is 18.9. The number of carbonyl (C=O) groups excluding carboxylic acids is 3. The van der Waals surface area contributed by atoms with Gasteiger partial charge in [0.05, 0.1) is 29.2 Å². The summed E-state index contributed by atoms with van der Waals surface area (Å²) in [6.45, 7) is 3.85. The van der Waals surface area contributed by atoms with Gasteiger partial charge in [0.25, 0.3) is 5.91 Å². The highest BCUT2D eigenvalue weighted by Crippen LogP contribution is 2.56. The molecule has 192 valence electrons. The molecule has 0 unspecified atom stereocenters. The van der Waals surface area contributed by atoms with Crippen molar-refractivity contribution in [2.75, 3.05) is 14.1 Å². The maximum absolute atomic E-state index is 13.8. The van der Waals surface area contributed by atoms with Crippen LogP contribution in [0.15, 0.2) is 41.7 Å². The monoisotopic (exact) mass is 522 g/mol. The lowest BCUT2D eigenvalue weighted by Gasteiger charge is -2.53. The molecule has 0 radical (unpaired) electrons. The third-order valence-electron chi connectivity index (χ3n) is 6.81. The molecule has 1 aromatic carbocycles. The van der Waals surface area contributed by atoms with Crippen molar-refractivity contribution in [3.8, 4) is 5.75 Å². The molecule has 1 saturated carbocycles. The van der Waals surface area contributed by atoms with Crippen LogP contribution in [0, 0.1) is 11.8 Å². The summed E-state index contributed by atoms with van der Waals surface area (Å²) in [4.78, 5) is 40.2. The number of carbonyl (C=O) groups is 3. The zero-order chi connectivity index (χ0) is 27.1. The van der Waals surface area contributed by atoms with Crippen LogP contribution in [0.3, 0.4) is 0 Å². The molecular weight excluding hydrogens is 500 g/mol. The number of phenols is 1. The van der Waals surface area contributed by atoms with Crippen LogP contribution in [-0.4, -0.2) is 87.6 Å². The lowest BCUT2D eigenvalue weighted by Crippen LogP contribution is -2.70. The topological polar surface area (TPSA) is 225 Å². The van der Waals surface area contributed by atoms with Crippen molar-refractivity contribution in [1.82, 2.24) is 4.90 Å². The fourth-order valence-corrected chi connectivity index (χ4v) is 5.95. The molecule has 4 rings (SSSR count). The summed E-state index contributed by atoms with van der Waals surface area (Å²) >= 11 is 0. The molecular formula is C22H22N2O11S. The lowest BCUT2D eigenvalue weighted by molar-refractivity contribution is -0.164. The van der Waals surface area contributed by atoms with Gasteiger partial charge in [-0.25, -0.2) is 4.18 Å². The van der Waals surface area contributed by atoms with Gasteiger partial charge >= 0.3 is 10.4 Å². The van der Waals surface area contributed by atoms with Crippen molar-refractivity contribution in [3.63, 3.8) is 0 Å². The van der Waals surface area contributed by atoms with Crippen LogP contribution in [-0.2, 0) is 29.0 Å². The Hall–Kier alpha value is -3.56. The maximum Gasteiger partial charge on any atom is 0.397 e. The number of Topliss-reactive ketones (excluding diaryl/α,β-unsaturated/α-hetero) is 2. The second kappa shape index (κ2) is 7.97. The van der Waals surface area contributed by atoms with Crippen molar-refractivity contribution >= 4 is 39.2 Å². The first-order valence-corrected chi connectivity index (χ1v) is 11.7. The minimum atomic E-state index is -5.35. The molecule has 1 amide bonds. The molecule has 5 atom stereocenters. The zero-order valence-corrected chi connectivity index (χ0v) is 19.7. The molecule has 0 heterocycles. The normalized spacial score (nSPS) is 30.3. The Bertz CT molecular complexity index is 1430. The molecule has 0 saturated heterocycles. The van der Waals surface area contributed by atoms with Crippen molar-refractivity contribution in [1.29, 1.82) is 0 Å². The van der Waals surface area contributed by atoms with Gasteiger partial charge in [-0.2, -0.15) is 8.42 Å². The van der Waals surface area contributed by atoms with E-state index in [4.69, 9.17) is 9.92 Å². The van der Waals surface area contributed by atoms with E-state index in [2.05, 4.69) is 6.58 Å². The minimum absolute atomic E-state index is 0.0631. The predicted octanol–water partition coefficient (Wildman–Crippen LogP) is -0.767. The summed E-state index contributed by atoms with van der Waals surface area (Å²) in [5.41, 5.74) is -0.0652. The summed E-state index contributed by atoms with van der Waals surface area (Å²) in [5, 5.41) is 43.9. The van der Waals surface area contributed by atoms with E-state index in [1.54, 1.807) is 0 Å². The molecule has 0 aromatic heterocycles. The molecule has 7 N–H and O–H groups in total. The van der Waals surface area contributed by atoms with Crippen molar-refractivity contribution < 1.29 is 52.0 Å². The molecule has 1 fully saturated rings. The molecule has 13 nitrogen and oxygen atoms in total. The van der Waals surface area contributed by atoms with Gasteiger partial charge in [-0.1, -0.05) is 18.7 Å². The highest BCUT2D eigenvalue weighted by molar-refractivity contribution is 7.80. The fraction of sp³-hybridized carbons (Fsp3) is 0.318. The number of nitrogens with zero attached hydrogens (tertiary/aromatic N) is 1. The Labute approximate surface area is 204 Å². The summed E-state index contributed by atoms with van der Waals surface area (Å²) in [6, 6.07) is 2.30. The number of fused-ring (bicyclic) bond motifs is 3. The Kier molecular flexibility index (Phi) is 5.66. The molecule has 0 bridgehead atoms. The largest absolute Gasteiger partial charge is 0.508 e. The third kappa shape index (κ3) is 3.30. The van der Waals surface area contributed by atoms with E-state index in [9.17, 15) is 47.8 Å². The van der Waals surface area contributed by atoms with Crippen LogP contribution < -0.4 is 5.73 Å². The number of aromatic hydroxyl groups is 1. The number of hydrogen-bond donors (Lipinski definition) is 6. The van der Waals surface area contributed by atoms with Gasteiger partial charge in [0.1, 0.15) is 22.8 Å². The Morgan fingerprint density at radius 3 is 2.33 bits per heavy atom. The molecule has 36 heavy (non-hydrogen) atoms. The van der Waals surface area contributed by atoms with Crippen LogP contribution in [0.5, 0.6) is 5.75 Å². The van der Waals surface area contributed by atoms with Gasteiger partial charge < -0.3 is 26.2 Å². The average Bonchev–Trinajstić information content (AvgIpc) is 2.74. The number of aliphatic hydroxyl groups is 3. The fourth-order valence-electron chi connectivity index (χ4n) is 5.43. The summed E-state index contributed by atoms with van der Waals surface area (Å²) in [5.74, 6) is -10.4. The van der Waals surface area contributed by atoms with E-state index < -0.39 is 85.9 Å². The first-order chi connectivity index (χ1) is 16.6. The maximum atomic E-state index is 13.8. The number of rotatable bonds is 4. The third-order valence-corrected chi connectivity index (χ3v) is 7.28. The summed E-state index contributed by atoms with van der Waals surface area (Å²) in [7, 11) is -2.73. The number of ketones is 2. The van der Waals surface area contributed by atoms with Crippen LogP contribution in [0.4, 0.5) is 0 Å². The number of nitrogens with two attached hydrogens (primary N) is 1. The number of likely N-dealkylation sites (N-methyl/N-ethyl adjacent to an activating group) is 1. The van der Waals surface area contributed by atoms with Crippen LogP contribution >= 0.6 is 0 Å². The van der Waals surface area contributed by atoms with Gasteiger partial charge in [-0.05, 0) is 31.3 Å². The highest BCUT2D eigenvalue weighted by Gasteiger charge is 2.69. The van der Waals surface area contributed by atoms with Crippen molar-refractivity contribution in [2.24, 2.45) is 17.6 Å². The number of primary amides is 1. The molecule has 1 aromatic rings. The minimum Gasteiger partial charge on any atom is -0.508 e. The highest BCUT2D eigenvalue weighted by atomic mass is 32.3. The van der Waals surface area contributed by atoms with E-state index in [-0.39, 0.29) is 16.7 Å². The standard InChI is InChI=1S/C22H22N2O11S/c1-7-8-5-4-6-9(25)11(8)16(26)12-10(7)18(35-36(32,33)34)14-15(24(2)3)17(27)13(21(23)30)20(29)22(14,31)19(12)28/h4-6,10,14-15,18,25-26,29,31H,1H2,2-3H3,(H2,23,30)(H,32,33,34)/t10-,14-,15+,18+,22+/m1/s1. The molecule has 0 spiro atoms. The van der Waals surface area contributed by atoms with Gasteiger partial charge in [-0.15, -0.1) is 0 Å². The van der Waals surface area contributed by atoms with Crippen LogP contribution in [0.2, 0.25) is 0 Å². The molecule has 3 aliphatic carbocycles. The van der Waals surface area contributed by atoms with Crippen LogP contribution in [0.1, 0.15) is 11.1 Å². The first-order valence-electron chi connectivity index (χ1n) is 10.4. The SMILES string of the molecule is C=C1c2cccc(O)c2C(O)=C2C(=O)[C@]3(O)C(O)=C(C(N)=O)C(=O)[C@@H](N(C)C)[C@@H]3[C@@H](OS(=O)(=O)O)[C@H]12. The Morgan fingerprint density at radius 1 is 1.19 bits per heavy atom. The lowest BCUT2D eigenvalue weighted by atomic mass is 9.55. The van der Waals surface area contributed by atoms with Crippen molar-refractivity contribution in [3.05, 3.63) is 52.8 Å². The van der Waals surface area contributed by atoms with E-state index >= 15 is 0 Å². The average molecular weight is 522 g/mol. The van der Waals surface area contributed by atoms with E-state index in [0.29, 0.717) is 0 Å². The van der Waals surface area contributed by atoms with E-state index in [0.717, 1.165) is 4.90 Å². The molecule has 14 heteroatoms. The van der Waals surface area contributed by atoms with Gasteiger partial charge in [0.15, 0.2) is 11.4 Å². The smallest absolute Gasteiger partial charge is 0.397 e. The number of aliphatic hydroxyl groups excluding tert-OH is 2. The summed E-state index contributed by atoms with van der Waals surface area (Å²) in [6.07, 6.45) is -2.02. The Morgan fingerprint density at radius 2 is 1.81 bits per heavy atom.